The van der Waals surface area contributed by atoms with Crippen molar-refractivity contribution in [1.82, 2.24) is 4.90 Å². The quantitative estimate of drug-likeness (QED) is 0.446. The second kappa shape index (κ2) is 10.5. The number of rotatable bonds is 6. The normalized spacial score (nSPS) is 27.6. The van der Waals surface area contributed by atoms with Crippen molar-refractivity contribution in [3.63, 3.8) is 0 Å². The highest BCUT2D eigenvalue weighted by Crippen LogP contribution is 2.58. The number of amides is 1. The fourth-order valence-corrected chi connectivity index (χ4v) is 7.18. The van der Waals surface area contributed by atoms with E-state index in [0.29, 0.717) is 32.2 Å². The largest absolute Gasteiger partial charge is 0.315 e. The van der Waals surface area contributed by atoms with Gasteiger partial charge in [0.15, 0.2) is 5.78 Å². The highest BCUT2D eigenvalue weighted by molar-refractivity contribution is 6.00. The SMILES string of the molecule is CC1=C(Cc2ccccc2)C(=O)C2[C@@H](CCC3=CN(Cc4ccccc4)C(=O)CC[C@@]32C)[C@@H]1CCC#N. The number of hydrogen-bond acceptors (Lipinski definition) is 3. The van der Waals surface area contributed by atoms with E-state index in [0.717, 1.165) is 36.0 Å². The average Bonchev–Trinajstić information content (AvgIpc) is 3.03. The summed E-state index contributed by atoms with van der Waals surface area (Å²) in [7, 11) is 0. The fourth-order valence-electron chi connectivity index (χ4n) is 7.18. The lowest BCUT2D eigenvalue weighted by atomic mass is 9.50. The Hall–Kier alpha value is -3.45. The van der Waals surface area contributed by atoms with E-state index in [1.54, 1.807) is 0 Å². The van der Waals surface area contributed by atoms with E-state index in [2.05, 4.69) is 50.4 Å². The number of fused-ring (bicyclic) bond motifs is 3. The molecule has 190 valence electrons. The van der Waals surface area contributed by atoms with Gasteiger partial charge in [-0.3, -0.25) is 9.59 Å². The Morgan fingerprint density at radius 3 is 2.35 bits per heavy atom. The molecule has 0 radical (unpaired) electrons. The van der Waals surface area contributed by atoms with Gasteiger partial charge >= 0.3 is 0 Å². The number of carbonyl (C=O) groups is 2. The minimum absolute atomic E-state index is 0.129. The van der Waals surface area contributed by atoms with Crippen LogP contribution in [0, 0.1) is 34.5 Å². The monoisotopic (exact) mass is 492 g/mol. The molecule has 4 heteroatoms. The summed E-state index contributed by atoms with van der Waals surface area (Å²) in [6, 6.07) is 22.7. The minimum Gasteiger partial charge on any atom is -0.315 e. The van der Waals surface area contributed by atoms with Gasteiger partial charge in [-0.15, -0.1) is 0 Å². The molecular formula is C33H36N2O2. The van der Waals surface area contributed by atoms with Crippen molar-refractivity contribution in [3.8, 4) is 6.07 Å². The topological polar surface area (TPSA) is 61.2 Å². The molecule has 0 bridgehead atoms. The first kappa shape index (κ1) is 25.2. The number of allylic oxidation sites excluding steroid dienone is 3. The molecule has 5 rings (SSSR count). The van der Waals surface area contributed by atoms with Crippen LogP contribution in [0.5, 0.6) is 0 Å². The molecular weight excluding hydrogens is 456 g/mol. The summed E-state index contributed by atoms with van der Waals surface area (Å²) in [6.45, 7) is 4.92. The minimum atomic E-state index is -0.353. The third-order valence-corrected chi connectivity index (χ3v) is 9.20. The number of nitriles is 1. The van der Waals surface area contributed by atoms with Gasteiger partial charge in [0, 0.05) is 36.8 Å². The van der Waals surface area contributed by atoms with Crippen molar-refractivity contribution in [3.05, 3.63) is 94.7 Å². The fraction of sp³-hybridized carbons (Fsp3) is 0.424. The number of ketones is 1. The Morgan fingerprint density at radius 1 is 1.00 bits per heavy atom. The van der Waals surface area contributed by atoms with E-state index >= 15 is 0 Å². The number of Topliss-reactive ketones (excluding diaryl/α,β-unsaturated/α-hetero) is 1. The smallest absolute Gasteiger partial charge is 0.226 e. The van der Waals surface area contributed by atoms with Crippen molar-refractivity contribution >= 4 is 11.7 Å². The predicted octanol–water partition coefficient (Wildman–Crippen LogP) is 6.79. The Bertz CT molecular complexity index is 1270. The van der Waals surface area contributed by atoms with Crippen molar-refractivity contribution in [2.24, 2.45) is 23.2 Å². The lowest BCUT2D eigenvalue weighted by molar-refractivity contribution is -0.131. The average molecular weight is 493 g/mol. The van der Waals surface area contributed by atoms with Crippen LogP contribution in [0.15, 0.2) is 83.6 Å². The maximum atomic E-state index is 14.4. The molecule has 1 heterocycles. The second-order valence-corrected chi connectivity index (χ2v) is 11.3. The summed E-state index contributed by atoms with van der Waals surface area (Å²) in [6.07, 6.45) is 6.97. The molecule has 3 aliphatic rings. The standard InChI is InChI=1S/C33H36N2O2/c1-23-27(14-9-19-34)28-16-15-26-22-35(21-25-12-7-4-8-13-25)30(36)17-18-33(26,2)31(28)32(37)29(23)20-24-10-5-3-6-11-24/h3-8,10-13,22,27-28,31H,9,14-18,20-21H2,1-2H3/t27-,28+,31?,33+/m1/s1. The van der Waals surface area contributed by atoms with Gasteiger partial charge in [0.25, 0.3) is 0 Å². The molecule has 0 aromatic heterocycles. The zero-order chi connectivity index (χ0) is 26.0. The van der Waals surface area contributed by atoms with Crippen molar-refractivity contribution in [2.75, 3.05) is 0 Å². The molecule has 0 saturated heterocycles. The van der Waals surface area contributed by atoms with Crippen molar-refractivity contribution < 1.29 is 9.59 Å². The lowest BCUT2D eigenvalue weighted by Crippen LogP contribution is -2.49. The second-order valence-electron chi connectivity index (χ2n) is 11.3. The van der Waals surface area contributed by atoms with Crippen LogP contribution < -0.4 is 0 Å². The summed E-state index contributed by atoms with van der Waals surface area (Å²) in [5.74, 6) is 0.695. The summed E-state index contributed by atoms with van der Waals surface area (Å²) in [5.41, 5.74) is 5.24. The van der Waals surface area contributed by atoms with Gasteiger partial charge in [-0.1, -0.05) is 73.2 Å². The van der Waals surface area contributed by atoms with Crippen LogP contribution in [0.2, 0.25) is 0 Å². The Balaban J connectivity index is 1.53. The Morgan fingerprint density at radius 2 is 1.68 bits per heavy atom. The van der Waals surface area contributed by atoms with Gasteiger partial charge in [0.2, 0.25) is 5.91 Å². The number of nitrogens with zero attached hydrogens (tertiary/aromatic N) is 2. The van der Waals surface area contributed by atoms with Crippen molar-refractivity contribution in [1.29, 1.82) is 5.26 Å². The zero-order valence-electron chi connectivity index (χ0n) is 22.0. The third kappa shape index (κ3) is 4.80. The van der Waals surface area contributed by atoms with E-state index in [1.807, 2.05) is 41.3 Å². The van der Waals surface area contributed by atoms with Gasteiger partial charge < -0.3 is 4.90 Å². The van der Waals surface area contributed by atoms with E-state index in [-0.39, 0.29) is 34.9 Å². The molecule has 4 atom stereocenters. The molecule has 2 aliphatic carbocycles. The van der Waals surface area contributed by atoms with Crippen LogP contribution in [-0.4, -0.2) is 16.6 Å². The number of benzene rings is 2. The Labute approximate surface area is 220 Å². The number of carbonyl (C=O) groups excluding carboxylic acids is 2. The maximum Gasteiger partial charge on any atom is 0.226 e. The van der Waals surface area contributed by atoms with Gasteiger partial charge in [0.1, 0.15) is 0 Å². The van der Waals surface area contributed by atoms with Crippen LogP contribution in [0.4, 0.5) is 0 Å². The van der Waals surface area contributed by atoms with Crippen LogP contribution >= 0.6 is 0 Å². The first-order valence-electron chi connectivity index (χ1n) is 13.6. The first-order valence-corrected chi connectivity index (χ1v) is 13.6. The van der Waals surface area contributed by atoms with Crippen LogP contribution in [0.3, 0.4) is 0 Å². The van der Waals surface area contributed by atoms with Crippen LogP contribution in [0.25, 0.3) is 0 Å². The summed E-state index contributed by atoms with van der Waals surface area (Å²) < 4.78 is 0. The molecule has 1 saturated carbocycles. The highest BCUT2D eigenvalue weighted by atomic mass is 16.2. The van der Waals surface area contributed by atoms with Crippen molar-refractivity contribution in [2.45, 2.75) is 65.3 Å². The van der Waals surface area contributed by atoms with Crippen LogP contribution in [0.1, 0.15) is 63.5 Å². The summed E-state index contributed by atoms with van der Waals surface area (Å²) in [4.78, 5) is 29.5. The van der Waals surface area contributed by atoms with Gasteiger partial charge in [-0.05, 0) is 66.7 Å². The molecule has 2 aromatic rings. The van der Waals surface area contributed by atoms with E-state index in [9.17, 15) is 14.9 Å². The summed E-state index contributed by atoms with van der Waals surface area (Å²) >= 11 is 0. The molecule has 0 N–H and O–H groups in total. The Kier molecular flexibility index (Phi) is 7.15. The van der Waals surface area contributed by atoms with Gasteiger partial charge in [-0.2, -0.15) is 5.26 Å². The lowest BCUT2D eigenvalue weighted by Gasteiger charge is -2.52. The van der Waals surface area contributed by atoms with E-state index in [1.165, 1.54) is 11.1 Å². The molecule has 2 aromatic carbocycles. The molecule has 37 heavy (non-hydrogen) atoms. The molecule has 0 spiro atoms. The van der Waals surface area contributed by atoms with Gasteiger partial charge in [0.05, 0.1) is 12.6 Å². The van der Waals surface area contributed by atoms with E-state index in [4.69, 9.17) is 0 Å². The maximum absolute atomic E-state index is 14.4. The molecule has 1 amide bonds. The third-order valence-electron chi connectivity index (χ3n) is 9.20. The first-order chi connectivity index (χ1) is 17.9. The molecule has 1 unspecified atom stereocenters. The zero-order valence-corrected chi connectivity index (χ0v) is 22.0. The summed E-state index contributed by atoms with van der Waals surface area (Å²) in [5, 5.41) is 9.40. The molecule has 1 aliphatic heterocycles. The number of hydrogen-bond donors (Lipinski definition) is 0. The molecule has 4 nitrogen and oxygen atoms in total. The van der Waals surface area contributed by atoms with Crippen LogP contribution in [-0.2, 0) is 22.6 Å². The highest BCUT2D eigenvalue weighted by Gasteiger charge is 2.54. The van der Waals surface area contributed by atoms with Gasteiger partial charge in [-0.25, -0.2) is 0 Å². The van der Waals surface area contributed by atoms with E-state index < -0.39 is 0 Å². The predicted molar refractivity (Wildman–Crippen MR) is 145 cm³/mol. The molecule has 1 fully saturated rings.